The Bertz CT molecular complexity index is 197. The Balaban J connectivity index is 0.000000419. The fourth-order valence-corrected chi connectivity index (χ4v) is 4.55. The number of thiol groups is 3. The van der Waals surface area contributed by atoms with Crippen molar-refractivity contribution >= 4 is 72.7 Å². The van der Waals surface area contributed by atoms with E-state index >= 15 is 0 Å². The molecule has 0 fully saturated rings. The molecule has 1 aromatic heterocycles. The average Bonchev–Trinajstić information content (AvgIpc) is 2.92. The third-order valence-electron chi connectivity index (χ3n) is 1.61. The van der Waals surface area contributed by atoms with Crippen LogP contribution in [0.25, 0.3) is 0 Å². The van der Waals surface area contributed by atoms with E-state index in [-0.39, 0.29) is 0 Å². The van der Waals surface area contributed by atoms with Crippen molar-refractivity contribution in [1.29, 1.82) is 0 Å². The number of hydrogen-bond acceptors (Lipinski definition) is 6. The highest BCUT2D eigenvalue weighted by molar-refractivity contribution is 8.04. The summed E-state index contributed by atoms with van der Waals surface area (Å²) in [6.45, 7) is 0. The Hall–Kier alpha value is 1.45. The molecule has 0 amide bonds. The standard InChI is InChI=1S/C7H16S5.C4H4S/c8-1-3-11-6-7(5-10)12-4-2-9;1-2-4-5-3-1/h7-10H,1-6H2;1-4H. The Morgan fingerprint density at radius 3 is 2.06 bits per heavy atom. The molecule has 1 atom stereocenters. The lowest BCUT2D eigenvalue weighted by Gasteiger charge is -2.12. The molecule has 1 unspecified atom stereocenters. The van der Waals surface area contributed by atoms with Gasteiger partial charge in [0.05, 0.1) is 0 Å². The zero-order chi connectivity index (χ0) is 12.8. The van der Waals surface area contributed by atoms with Crippen molar-refractivity contribution in [2.24, 2.45) is 0 Å². The van der Waals surface area contributed by atoms with E-state index < -0.39 is 0 Å². The van der Waals surface area contributed by atoms with Gasteiger partial charge < -0.3 is 0 Å². The minimum absolute atomic E-state index is 0.686. The fourth-order valence-electron chi connectivity index (χ4n) is 0.879. The van der Waals surface area contributed by atoms with Crippen LogP contribution in [0.2, 0.25) is 0 Å². The van der Waals surface area contributed by atoms with Gasteiger partial charge in [0.25, 0.3) is 0 Å². The summed E-state index contributed by atoms with van der Waals surface area (Å²) in [4.78, 5) is 0. The van der Waals surface area contributed by atoms with E-state index in [2.05, 4.69) is 37.9 Å². The Labute approximate surface area is 134 Å². The highest BCUT2D eigenvalue weighted by Gasteiger charge is 2.05. The Morgan fingerprint density at radius 1 is 1.00 bits per heavy atom. The van der Waals surface area contributed by atoms with Crippen LogP contribution in [-0.2, 0) is 0 Å². The van der Waals surface area contributed by atoms with Gasteiger partial charge in [0.1, 0.15) is 0 Å². The molecule has 1 aromatic rings. The molecule has 0 aliphatic heterocycles. The predicted molar refractivity (Wildman–Crippen MR) is 99.4 cm³/mol. The summed E-state index contributed by atoms with van der Waals surface area (Å²) in [5.74, 6) is 6.39. The largest absolute Gasteiger partial charge is 0.179 e. The first-order valence-corrected chi connectivity index (χ1v) is 10.4. The number of hydrogen-bond donors (Lipinski definition) is 3. The molecule has 0 saturated carbocycles. The first kappa shape index (κ1) is 18.4. The number of thioether (sulfide) groups is 2. The van der Waals surface area contributed by atoms with E-state index in [0.29, 0.717) is 5.25 Å². The summed E-state index contributed by atoms with van der Waals surface area (Å²) < 4.78 is 0. The van der Waals surface area contributed by atoms with E-state index in [9.17, 15) is 0 Å². The predicted octanol–water partition coefficient (Wildman–Crippen LogP) is 4.36. The first-order chi connectivity index (χ1) is 8.35. The lowest BCUT2D eigenvalue weighted by molar-refractivity contribution is 1.15. The lowest BCUT2D eigenvalue weighted by atomic mass is 10.5. The molecule has 17 heavy (non-hydrogen) atoms. The fraction of sp³-hybridized carbons (Fsp3) is 0.636. The summed E-state index contributed by atoms with van der Waals surface area (Å²) in [6.07, 6.45) is 0. The van der Waals surface area contributed by atoms with Crippen LogP contribution in [0, 0.1) is 0 Å². The number of rotatable bonds is 8. The average molecular weight is 345 g/mol. The van der Waals surface area contributed by atoms with Crippen LogP contribution >= 0.6 is 72.7 Å². The molecule has 0 N–H and O–H groups in total. The van der Waals surface area contributed by atoms with Crippen molar-refractivity contribution in [1.82, 2.24) is 0 Å². The SMILES string of the molecule is SCCSCC(CS)SCCS.c1ccsc1. The molecule has 0 bridgehead atoms. The van der Waals surface area contributed by atoms with E-state index in [1.807, 2.05) is 46.4 Å². The monoisotopic (exact) mass is 344 g/mol. The molecule has 0 aliphatic carbocycles. The van der Waals surface area contributed by atoms with Crippen LogP contribution in [-0.4, -0.2) is 39.8 Å². The van der Waals surface area contributed by atoms with Gasteiger partial charge in [0.2, 0.25) is 0 Å². The van der Waals surface area contributed by atoms with Gasteiger partial charge >= 0.3 is 0 Å². The Kier molecular flexibility index (Phi) is 16.8. The van der Waals surface area contributed by atoms with Gasteiger partial charge in [-0.3, -0.25) is 0 Å². The molecule has 1 rings (SSSR count). The molecule has 0 spiro atoms. The second-order valence-electron chi connectivity index (χ2n) is 2.99. The molecular formula is C11H20S6. The van der Waals surface area contributed by atoms with Gasteiger partial charge in [-0.25, -0.2) is 0 Å². The zero-order valence-electron chi connectivity index (χ0n) is 9.70. The minimum Gasteiger partial charge on any atom is -0.179 e. The molecular weight excluding hydrogens is 325 g/mol. The van der Waals surface area contributed by atoms with Crippen LogP contribution in [0.1, 0.15) is 0 Å². The van der Waals surface area contributed by atoms with Gasteiger partial charge in [-0.15, -0.1) is 0 Å². The second-order valence-corrected chi connectivity index (χ2v) is 7.62. The van der Waals surface area contributed by atoms with Crippen LogP contribution in [0.5, 0.6) is 0 Å². The molecule has 0 radical (unpaired) electrons. The van der Waals surface area contributed by atoms with Crippen LogP contribution in [0.3, 0.4) is 0 Å². The molecule has 0 nitrogen and oxygen atoms in total. The molecule has 0 aromatic carbocycles. The van der Waals surface area contributed by atoms with E-state index in [4.69, 9.17) is 0 Å². The topological polar surface area (TPSA) is 0 Å². The van der Waals surface area contributed by atoms with Crippen LogP contribution < -0.4 is 0 Å². The van der Waals surface area contributed by atoms with E-state index in [0.717, 1.165) is 28.8 Å². The first-order valence-electron chi connectivity index (χ1n) is 5.34. The summed E-state index contributed by atoms with van der Waals surface area (Å²) in [5.41, 5.74) is 0. The number of thiophene rings is 1. The molecule has 100 valence electrons. The van der Waals surface area contributed by atoms with Gasteiger partial charge in [-0.2, -0.15) is 72.7 Å². The van der Waals surface area contributed by atoms with Gasteiger partial charge in [-0.1, -0.05) is 12.1 Å². The summed E-state index contributed by atoms with van der Waals surface area (Å²) in [7, 11) is 0. The van der Waals surface area contributed by atoms with Crippen LogP contribution in [0.15, 0.2) is 22.9 Å². The zero-order valence-corrected chi connectivity index (χ0v) is 14.8. The van der Waals surface area contributed by atoms with Gasteiger partial charge in [0, 0.05) is 28.3 Å². The highest BCUT2D eigenvalue weighted by Crippen LogP contribution is 2.18. The third-order valence-corrected chi connectivity index (χ3v) is 6.57. The van der Waals surface area contributed by atoms with Crippen molar-refractivity contribution in [2.75, 3.05) is 34.5 Å². The maximum atomic E-state index is 4.31. The lowest BCUT2D eigenvalue weighted by Crippen LogP contribution is -2.10. The maximum Gasteiger partial charge on any atom is 0.0226 e. The van der Waals surface area contributed by atoms with Crippen molar-refractivity contribution in [3.63, 3.8) is 0 Å². The normalized spacial score (nSPS) is 11.7. The summed E-state index contributed by atoms with van der Waals surface area (Å²) in [6, 6.07) is 4.04. The highest BCUT2D eigenvalue weighted by atomic mass is 32.2. The smallest absolute Gasteiger partial charge is 0.0226 e. The van der Waals surface area contributed by atoms with Crippen molar-refractivity contribution in [3.05, 3.63) is 22.9 Å². The maximum absolute atomic E-state index is 4.31. The molecule has 6 heteroatoms. The summed E-state index contributed by atoms with van der Waals surface area (Å²) in [5, 5.41) is 4.77. The van der Waals surface area contributed by atoms with Crippen LogP contribution in [0.4, 0.5) is 0 Å². The molecule has 0 saturated heterocycles. The third kappa shape index (κ3) is 13.7. The summed E-state index contributed by atoms with van der Waals surface area (Å²) >= 11 is 18.3. The van der Waals surface area contributed by atoms with Crippen molar-refractivity contribution in [3.8, 4) is 0 Å². The molecule has 0 aliphatic rings. The minimum atomic E-state index is 0.686. The van der Waals surface area contributed by atoms with Crippen molar-refractivity contribution in [2.45, 2.75) is 5.25 Å². The second kappa shape index (κ2) is 15.5. The molecule has 1 heterocycles. The Morgan fingerprint density at radius 2 is 1.65 bits per heavy atom. The quantitative estimate of drug-likeness (QED) is 0.473. The van der Waals surface area contributed by atoms with E-state index in [1.54, 1.807) is 11.3 Å². The van der Waals surface area contributed by atoms with E-state index in [1.165, 1.54) is 5.75 Å². The van der Waals surface area contributed by atoms with Crippen molar-refractivity contribution < 1.29 is 0 Å². The van der Waals surface area contributed by atoms with Gasteiger partial charge in [-0.05, 0) is 22.3 Å². The van der Waals surface area contributed by atoms with Gasteiger partial charge in [0.15, 0.2) is 0 Å².